The molecule has 2 N–H and O–H groups in total. The fraction of sp³-hybridized carbons (Fsp3) is 0.529. The Labute approximate surface area is 162 Å². The molecule has 3 rings (SSSR count). The summed E-state index contributed by atoms with van der Waals surface area (Å²) in [5.41, 5.74) is -0.0819. The van der Waals surface area contributed by atoms with Gasteiger partial charge < -0.3 is 14.6 Å². The minimum atomic E-state index is -1.17. The fourth-order valence-corrected chi connectivity index (χ4v) is 5.22. The first-order valence-corrected chi connectivity index (χ1v) is 9.39. The number of carbonyl (C=O) groups is 2. The minimum Gasteiger partial charge on any atom is -0.492 e. The zero-order valence-corrected chi connectivity index (χ0v) is 17.4. The number of aromatic carboxylic acids is 1. The van der Waals surface area contributed by atoms with Crippen molar-refractivity contribution in [2.75, 3.05) is 11.9 Å². The quantitative estimate of drug-likeness (QED) is 0.614. The Kier molecular flexibility index (Phi) is 4.15. The van der Waals surface area contributed by atoms with Gasteiger partial charge in [-0.25, -0.2) is 9.59 Å². The van der Waals surface area contributed by atoms with Crippen LogP contribution >= 0.6 is 31.9 Å². The van der Waals surface area contributed by atoms with Crippen LogP contribution in [0.3, 0.4) is 0 Å². The summed E-state index contributed by atoms with van der Waals surface area (Å²) in [5, 5.41) is 12.2. The van der Waals surface area contributed by atoms with Crippen molar-refractivity contribution in [1.82, 2.24) is 0 Å². The van der Waals surface area contributed by atoms with Gasteiger partial charge in [0.2, 0.25) is 0 Å². The SMILES string of the molecule is CC(C)(C)OC(=O)Nc1ccc2c(c1C(=O)O)OCC1C(Br)(Br)C21C. The van der Waals surface area contributed by atoms with E-state index < -0.39 is 17.7 Å². The number of alkyl halides is 2. The lowest BCUT2D eigenvalue weighted by molar-refractivity contribution is 0.0636. The normalized spacial score (nSPS) is 25.9. The smallest absolute Gasteiger partial charge is 0.412 e. The highest BCUT2D eigenvalue weighted by molar-refractivity contribution is 9.25. The molecule has 0 bridgehead atoms. The van der Waals surface area contributed by atoms with Crippen molar-refractivity contribution >= 4 is 49.6 Å². The van der Waals surface area contributed by atoms with Crippen LogP contribution in [0, 0.1) is 5.92 Å². The number of anilines is 1. The number of fused-ring (bicyclic) bond motifs is 3. The van der Waals surface area contributed by atoms with Crippen LogP contribution < -0.4 is 10.1 Å². The zero-order valence-electron chi connectivity index (χ0n) is 14.3. The summed E-state index contributed by atoms with van der Waals surface area (Å²) in [6, 6.07) is 3.38. The molecule has 2 atom stereocenters. The van der Waals surface area contributed by atoms with Crippen molar-refractivity contribution in [2.45, 2.75) is 41.9 Å². The molecule has 2 unspecified atom stereocenters. The summed E-state index contributed by atoms with van der Waals surface area (Å²) in [7, 11) is 0. The first kappa shape index (κ1) is 18.5. The second kappa shape index (κ2) is 5.61. The van der Waals surface area contributed by atoms with Crippen LogP contribution in [0.5, 0.6) is 5.75 Å². The maximum atomic E-state index is 12.0. The van der Waals surface area contributed by atoms with Crippen LogP contribution in [0.2, 0.25) is 0 Å². The van der Waals surface area contributed by atoms with Crippen molar-refractivity contribution in [3.05, 3.63) is 23.3 Å². The molecule has 1 fully saturated rings. The van der Waals surface area contributed by atoms with E-state index >= 15 is 0 Å². The Bertz CT molecular complexity index is 771. The summed E-state index contributed by atoms with van der Waals surface area (Å²) >= 11 is 7.32. The summed E-state index contributed by atoms with van der Waals surface area (Å²) in [4.78, 5) is 23.9. The Morgan fingerprint density at radius 2 is 2.00 bits per heavy atom. The van der Waals surface area contributed by atoms with Gasteiger partial charge in [0.05, 0.1) is 15.5 Å². The third kappa shape index (κ3) is 2.83. The third-order valence-corrected chi connectivity index (χ3v) is 7.46. The number of ether oxygens (including phenoxy) is 2. The number of amides is 1. The van der Waals surface area contributed by atoms with E-state index in [0.717, 1.165) is 5.56 Å². The number of hydrogen-bond acceptors (Lipinski definition) is 4. The number of carboxylic acids is 1. The number of halogens is 2. The fourth-order valence-electron chi connectivity index (χ4n) is 3.29. The maximum Gasteiger partial charge on any atom is 0.412 e. The Morgan fingerprint density at radius 3 is 2.56 bits per heavy atom. The summed E-state index contributed by atoms with van der Waals surface area (Å²) in [6.45, 7) is 7.65. The Balaban J connectivity index is 2.01. The average Bonchev–Trinajstić information content (AvgIpc) is 2.89. The number of nitrogens with one attached hydrogen (secondary N) is 1. The van der Waals surface area contributed by atoms with Gasteiger partial charge in [-0.3, -0.25) is 5.32 Å². The van der Waals surface area contributed by atoms with E-state index in [4.69, 9.17) is 9.47 Å². The lowest BCUT2D eigenvalue weighted by atomic mass is 9.90. The van der Waals surface area contributed by atoms with Gasteiger partial charge >= 0.3 is 12.1 Å². The largest absolute Gasteiger partial charge is 0.492 e. The monoisotopic (exact) mass is 475 g/mol. The minimum absolute atomic E-state index is 0.0641. The van der Waals surface area contributed by atoms with Gasteiger partial charge in [0.1, 0.15) is 16.9 Å². The molecule has 0 radical (unpaired) electrons. The summed E-state index contributed by atoms with van der Waals surface area (Å²) < 4.78 is 10.6. The van der Waals surface area contributed by atoms with Crippen molar-refractivity contribution in [3.8, 4) is 5.75 Å². The standard InChI is InChI=1S/C17H19Br2NO5/c1-15(2,3)25-14(23)20-9-6-5-8-12(11(9)13(21)22)24-7-10-16(8,4)17(10,18)19/h5-6,10H,7H2,1-4H3,(H,20,23)(H,21,22). The maximum absolute atomic E-state index is 12.0. The molecule has 0 spiro atoms. The molecule has 1 aromatic rings. The van der Waals surface area contributed by atoms with Gasteiger partial charge in [0, 0.05) is 16.9 Å². The molecule has 25 heavy (non-hydrogen) atoms. The summed E-state index contributed by atoms with van der Waals surface area (Å²) in [6.07, 6.45) is -0.711. The molecule has 1 saturated carbocycles. The lowest BCUT2D eigenvalue weighted by Crippen LogP contribution is -2.28. The van der Waals surface area contributed by atoms with E-state index in [1.807, 2.05) is 0 Å². The van der Waals surface area contributed by atoms with Crippen LogP contribution in [0.4, 0.5) is 10.5 Å². The van der Waals surface area contributed by atoms with E-state index in [9.17, 15) is 14.7 Å². The average molecular weight is 477 g/mol. The molecule has 1 heterocycles. The number of benzene rings is 1. The topological polar surface area (TPSA) is 84.9 Å². The van der Waals surface area contributed by atoms with Crippen molar-refractivity contribution in [3.63, 3.8) is 0 Å². The molecule has 1 amide bonds. The number of hydrogen-bond donors (Lipinski definition) is 2. The molecular formula is C17H19Br2NO5. The highest BCUT2D eigenvalue weighted by Crippen LogP contribution is 2.74. The molecule has 0 aromatic heterocycles. The second-order valence-corrected chi connectivity index (χ2v) is 11.1. The van der Waals surface area contributed by atoms with Crippen LogP contribution in [0.25, 0.3) is 0 Å². The lowest BCUT2D eigenvalue weighted by Gasteiger charge is -2.26. The number of carboxylic acid groups (broad SMARTS) is 1. The molecule has 1 aromatic carbocycles. The number of rotatable bonds is 2. The van der Waals surface area contributed by atoms with E-state index in [2.05, 4.69) is 44.1 Å². The molecule has 0 saturated heterocycles. The molecule has 8 heteroatoms. The van der Waals surface area contributed by atoms with Gasteiger partial charge in [-0.1, -0.05) is 44.8 Å². The van der Waals surface area contributed by atoms with Gasteiger partial charge in [0.25, 0.3) is 0 Å². The highest BCUT2D eigenvalue weighted by Gasteiger charge is 2.75. The van der Waals surface area contributed by atoms with Gasteiger partial charge in [-0.15, -0.1) is 0 Å². The van der Waals surface area contributed by atoms with Crippen molar-refractivity contribution < 1.29 is 24.2 Å². The van der Waals surface area contributed by atoms with E-state index in [1.165, 1.54) is 0 Å². The number of carbonyl (C=O) groups excluding carboxylic acids is 1. The first-order valence-electron chi connectivity index (χ1n) is 7.81. The van der Waals surface area contributed by atoms with E-state index in [0.29, 0.717) is 12.4 Å². The molecular weight excluding hydrogens is 458 g/mol. The first-order chi connectivity index (χ1) is 11.4. The third-order valence-electron chi connectivity index (χ3n) is 4.70. The summed E-state index contributed by atoms with van der Waals surface area (Å²) in [5.74, 6) is -0.681. The van der Waals surface area contributed by atoms with Crippen LogP contribution in [0.1, 0.15) is 43.6 Å². The highest BCUT2D eigenvalue weighted by atomic mass is 79.9. The zero-order chi connectivity index (χ0) is 18.8. The van der Waals surface area contributed by atoms with Gasteiger partial charge in [-0.2, -0.15) is 0 Å². The predicted molar refractivity (Wildman–Crippen MR) is 100 cm³/mol. The van der Waals surface area contributed by atoms with Crippen LogP contribution in [0.15, 0.2) is 12.1 Å². The predicted octanol–water partition coefficient (Wildman–Crippen LogP) is 4.50. The molecule has 1 aliphatic carbocycles. The van der Waals surface area contributed by atoms with E-state index in [1.54, 1.807) is 32.9 Å². The van der Waals surface area contributed by atoms with E-state index in [-0.39, 0.29) is 25.8 Å². The van der Waals surface area contributed by atoms with Gasteiger partial charge in [-0.05, 0) is 26.8 Å². The van der Waals surface area contributed by atoms with Gasteiger partial charge in [0.15, 0.2) is 0 Å². The van der Waals surface area contributed by atoms with Crippen molar-refractivity contribution in [1.29, 1.82) is 0 Å². The molecule has 1 aliphatic heterocycles. The Morgan fingerprint density at radius 1 is 1.36 bits per heavy atom. The Hall–Kier alpha value is -1.28. The second-order valence-electron chi connectivity index (χ2n) is 7.49. The molecule has 136 valence electrons. The molecule has 2 aliphatic rings. The van der Waals surface area contributed by atoms with Crippen molar-refractivity contribution in [2.24, 2.45) is 5.92 Å². The van der Waals surface area contributed by atoms with Crippen LogP contribution in [-0.4, -0.2) is 32.6 Å². The van der Waals surface area contributed by atoms with Crippen LogP contribution in [-0.2, 0) is 10.2 Å². The molecule has 6 nitrogen and oxygen atoms in total.